The Labute approximate surface area is 85.9 Å². The first-order valence-corrected chi connectivity index (χ1v) is 4.34. The second kappa shape index (κ2) is 4.46. The van der Waals surface area contributed by atoms with Gasteiger partial charge >= 0.3 is 5.69 Å². The van der Waals surface area contributed by atoms with Crippen LogP contribution in [0.2, 0.25) is 0 Å². The van der Waals surface area contributed by atoms with Crippen LogP contribution in [0.3, 0.4) is 0 Å². The zero-order chi connectivity index (χ0) is 11.4. The summed E-state index contributed by atoms with van der Waals surface area (Å²) in [6, 6.07) is 3.12. The van der Waals surface area contributed by atoms with Crippen LogP contribution in [-0.2, 0) is 14.1 Å². The summed E-state index contributed by atoms with van der Waals surface area (Å²) in [4.78, 5) is 22.7. The van der Waals surface area contributed by atoms with E-state index in [1.54, 1.807) is 0 Å². The van der Waals surface area contributed by atoms with E-state index in [2.05, 4.69) is 0 Å². The summed E-state index contributed by atoms with van der Waals surface area (Å²) in [5.74, 6) is 0.179. The summed E-state index contributed by atoms with van der Waals surface area (Å²) >= 11 is 0. The van der Waals surface area contributed by atoms with Gasteiger partial charge in [-0.05, 0) is 0 Å². The van der Waals surface area contributed by atoms with Crippen LogP contribution >= 0.6 is 0 Å². The van der Waals surface area contributed by atoms with Crippen molar-refractivity contribution >= 4 is 0 Å². The molecule has 0 bridgehead atoms. The molecule has 0 saturated heterocycles. The third-order valence-corrected chi connectivity index (χ3v) is 1.95. The number of rotatable bonds is 3. The fraction of sp³-hybridized carbons (Fsp3) is 0.444. The molecule has 0 saturated carbocycles. The van der Waals surface area contributed by atoms with E-state index in [0.29, 0.717) is 0 Å². The molecule has 0 atom stereocenters. The molecular formula is C9H11N3O3. The Morgan fingerprint density at radius 1 is 1.40 bits per heavy atom. The minimum absolute atomic E-state index is 0.164. The smallest absolute Gasteiger partial charge is 0.333 e. The quantitative estimate of drug-likeness (QED) is 0.621. The molecular weight excluding hydrogens is 198 g/mol. The van der Waals surface area contributed by atoms with E-state index in [0.717, 1.165) is 4.57 Å². The van der Waals surface area contributed by atoms with Crippen LogP contribution in [0.5, 0.6) is 5.88 Å². The molecule has 0 aliphatic carbocycles. The Hall–Kier alpha value is -2.03. The molecule has 15 heavy (non-hydrogen) atoms. The SMILES string of the molecule is Cn1c(OCCC#N)cc(=O)n(C)c1=O. The summed E-state index contributed by atoms with van der Waals surface area (Å²) in [5.41, 5.74) is -0.875. The van der Waals surface area contributed by atoms with Gasteiger partial charge < -0.3 is 4.74 Å². The molecule has 0 aliphatic rings. The average Bonchev–Trinajstić information content (AvgIpc) is 2.23. The maximum Gasteiger partial charge on any atom is 0.333 e. The van der Waals surface area contributed by atoms with Crippen LogP contribution < -0.4 is 16.0 Å². The first kappa shape index (κ1) is 11.0. The van der Waals surface area contributed by atoms with E-state index in [1.165, 1.54) is 24.7 Å². The predicted molar refractivity (Wildman–Crippen MR) is 52.6 cm³/mol. The minimum atomic E-state index is -0.450. The van der Waals surface area contributed by atoms with E-state index in [1.807, 2.05) is 6.07 Å². The van der Waals surface area contributed by atoms with Gasteiger partial charge in [-0.1, -0.05) is 0 Å². The van der Waals surface area contributed by atoms with Crippen LogP contribution in [-0.4, -0.2) is 15.7 Å². The molecule has 1 heterocycles. The largest absolute Gasteiger partial charge is 0.478 e. The fourth-order valence-electron chi connectivity index (χ4n) is 1.05. The van der Waals surface area contributed by atoms with Crippen molar-refractivity contribution in [1.29, 1.82) is 5.26 Å². The molecule has 6 nitrogen and oxygen atoms in total. The molecule has 0 N–H and O–H groups in total. The average molecular weight is 209 g/mol. The van der Waals surface area contributed by atoms with Gasteiger partial charge in [0.25, 0.3) is 5.56 Å². The number of ether oxygens (including phenoxy) is 1. The highest BCUT2D eigenvalue weighted by Gasteiger charge is 2.05. The normalized spacial score (nSPS) is 9.67. The number of aromatic nitrogens is 2. The number of hydrogen-bond acceptors (Lipinski definition) is 4. The maximum atomic E-state index is 11.4. The zero-order valence-electron chi connectivity index (χ0n) is 8.56. The highest BCUT2D eigenvalue weighted by atomic mass is 16.5. The monoisotopic (exact) mass is 209 g/mol. The lowest BCUT2D eigenvalue weighted by atomic mass is 10.5. The number of hydrogen-bond donors (Lipinski definition) is 0. The third-order valence-electron chi connectivity index (χ3n) is 1.95. The van der Waals surface area contributed by atoms with Crippen LogP contribution in [0.15, 0.2) is 15.7 Å². The molecule has 0 amide bonds. The van der Waals surface area contributed by atoms with Crippen LogP contribution in [0, 0.1) is 11.3 Å². The van der Waals surface area contributed by atoms with Crippen molar-refractivity contribution in [3.05, 3.63) is 26.9 Å². The molecule has 0 unspecified atom stereocenters. The summed E-state index contributed by atoms with van der Waals surface area (Å²) in [5, 5.41) is 8.30. The van der Waals surface area contributed by atoms with Crippen molar-refractivity contribution in [3.63, 3.8) is 0 Å². The Balaban J connectivity index is 3.06. The lowest BCUT2D eigenvalue weighted by Crippen LogP contribution is -2.36. The Morgan fingerprint density at radius 2 is 2.07 bits per heavy atom. The van der Waals surface area contributed by atoms with Gasteiger partial charge in [-0.15, -0.1) is 0 Å². The first-order chi connectivity index (χ1) is 7.07. The first-order valence-electron chi connectivity index (χ1n) is 4.34. The lowest BCUT2D eigenvalue weighted by molar-refractivity contribution is 0.295. The molecule has 0 aliphatic heterocycles. The Kier molecular flexibility index (Phi) is 3.29. The summed E-state index contributed by atoms with van der Waals surface area (Å²) in [6.45, 7) is 0.164. The lowest BCUT2D eigenvalue weighted by Gasteiger charge is -2.09. The van der Waals surface area contributed by atoms with Gasteiger partial charge in [-0.25, -0.2) is 4.79 Å². The van der Waals surface area contributed by atoms with Gasteiger partial charge in [0, 0.05) is 14.1 Å². The van der Waals surface area contributed by atoms with E-state index in [4.69, 9.17) is 10.00 Å². The highest BCUT2D eigenvalue weighted by molar-refractivity contribution is 5.08. The topological polar surface area (TPSA) is 77.0 Å². The molecule has 80 valence electrons. The highest BCUT2D eigenvalue weighted by Crippen LogP contribution is 2.02. The summed E-state index contributed by atoms with van der Waals surface area (Å²) in [6.07, 6.45) is 0.212. The standard InChI is InChI=1S/C9H11N3O3/c1-11-7(13)6-8(12(2)9(11)14)15-5-3-4-10/h6H,3,5H2,1-2H3. The van der Waals surface area contributed by atoms with Gasteiger partial charge in [0.05, 0.1) is 18.6 Å². The van der Waals surface area contributed by atoms with Gasteiger partial charge in [-0.3, -0.25) is 13.9 Å². The number of nitriles is 1. The van der Waals surface area contributed by atoms with Crippen LogP contribution in [0.4, 0.5) is 0 Å². The number of nitrogens with zero attached hydrogens (tertiary/aromatic N) is 3. The van der Waals surface area contributed by atoms with Gasteiger partial charge in [0.15, 0.2) is 0 Å². The van der Waals surface area contributed by atoms with Gasteiger partial charge in [0.1, 0.15) is 6.61 Å². The maximum absolute atomic E-state index is 11.4. The van der Waals surface area contributed by atoms with Gasteiger partial charge in [0.2, 0.25) is 5.88 Å². The molecule has 1 aromatic rings. The Morgan fingerprint density at radius 3 is 2.67 bits per heavy atom. The van der Waals surface area contributed by atoms with E-state index in [-0.39, 0.29) is 18.9 Å². The molecule has 1 rings (SSSR count). The third kappa shape index (κ3) is 2.26. The van der Waals surface area contributed by atoms with Crippen molar-refractivity contribution in [2.24, 2.45) is 14.1 Å². The summed E-state index contributed by atoms with van der Waals surface area (Å²) in [7, 11) is 2.90. The van der Waals surface area contributed by atoms with Crippen molar-refractivity contribution in [2.75, 3.05) is 6.61 Å². The summed E-state index contributed by atoms with van der Waals surface area (Å²) < 4.78 is 7.33. The second-order valence-electron chi connectivity index (χ2n) is 2.98. The molecule has 0 radical (unpaired) electrons. The van der Waals surface area contributed by atoms with E-state index in [9.17, 15) is 9.59 Å². The van der Waals surface area contributed by atoms with Crippen LogP contribution in [0.25, 0.3) is 0 Å². The van der Waals surface area contributed by atoms with Crippen LogP contribution in [0.1, 0.15) is 6.42 Å². The van der Waals surface area contributed by atoms with Crippen molar-refractivity contribution in [2.45, 2.75) is 6.42 Å². The van der Waals surface area contributed by atoms with E-state index < -0.39 is 11.2 Å². The van der Waals surface area contributed by atoms with Gasteiger partial charge in [-0.2, -0.15) is 5.26 Å². The molecule has 1 aromatic heterocycles. The Bertz CT molecular complexity index is 507. The molecule has 0 fully saturated rings. The predicted octanol–water partition coefficient (Wildman–Crippen LogP) is -0.624. The second-order valence-corrected chi connectivity index (χ2v) is 2.98. The molecule has 6 heteroatoms. The molecule has 0 spiro atoms. The van der Waals surface area contributed by atoms with E-state index >= 15 is 0 Å². The zero-order valence-corrected chi connectivity index (χ0v) is 8.56. The minimum Gasteiger partial charge on any atom is -0.478 e. The molecule has 0 aromatic carbocycles. The van der Waals surface area contributed by atoms with Crippen molar-refractivity contribution in [1.82, 2.24) is 9.13 Å². The van der Waals surface area contributed by atoms with Crippen molar-refractivity contribution in [3.8, 4) is 11.9 Å². The van der Waals surface area contributed by atoms with Crippen molar-refractivity contribution < 1.29 is 4.74 Å². The fourth-order valence-corrected chi connectivity index (χ4v) is 1.05.